The Morgan fingerprint density at radius 3 is 2.65 bits per heavy atom. The van der Waals surface area contributed by atoms with Gasteiger partial charge in [0, 0.05) is 30.3 Å². The molecule has 160 valence electrons. The Morgan fingerprint density at radius 2 is 2.03 bits per heavy atom. The predicted octanol–water partition coefficient (Wildman–Crippen LogP) is 4.65. The number of terminal acetylenes is 1. The SMILES string of the molecule is C#C[C@@H](Nc1nc(C)nc2cc(=O)n(C3(C)CC3)cc12)c1cccc(C(C)(F)F)c1F. The predicted molar refractivity (Wildman–Crippen MR) is 113 cm³/mol. The molecule has 1 aromatic carbocycles. The highest BCUT2D eigenvalue weighted by atomic mass is 19.3. The summed E-state index contributed by atoms with van der Waals surface area (Å²) in [5.74, 6) is -1.32. The van der Waals surface area contributed by atoms with E-state index in [0.29, 0.717) is 29.5 Å². The van der Waals surface area contributed by atoms with Crippen molar-refractivity contribution in [1.29, 1.82) is 0 Å². The molecule has 1 fully saturated rings. The molecule has 1 saturated carbocycles. The van der Waals surface area contributed by atoms with Crippen molar-refractivity contribution in [2.75, 3.05) is 5.32 Å². The van der Waals surface area contributed by atoms with Gasteiger partial charge >= 0.3 is 0 Å². The van der Waals surface area contributed by atoms with Crippen LogP contribution < -0.4 is 10.9 Å². The molecular weight excluding hydrogens is 405 g/mol. The second kappa shape index (κ2) is 7.12. The van der Waals surface area contributed by atoms with Crippen LogP contribution in [0.4, 0.5) is 19.0 Å². The third kappa shape index (κ3) is 3.76. The lowest BCUT2D eigenvalue weighted by Gasteiger charge is -2.20. The lowest BCUT2D eigenvalue weighted by Crippen LogP contribution is -2.27. The second-order valence-corrected chi connectivity index (χ2v) is 8.24. The number of rotatable bonds is 5. The van der Waals surface area contributed by atoms with Crippen LogP contribution in [0, 0.1) is 25.1 Å². The molecule has 0 bridgehead atoms. The normalized spacial score (nSPS) is 16.0. The maximum absolute atomic E-state index is 14.9. The molecule has 4 rings (SSSR count). The Hall–Kier alpha value is -3.34. The lowest BCUT2D eigenvalue weighted by molar-refractivity contribution is 0.0136. The number of alkyl halides is 2. The van der Waals surface area contributed by atoms with Crippen LogP contribution in [0.5, 0.6) is 0 Å². The first-order valence-electron chi connectivity index (χ1n) is 9.84. The zero-order chi connectivity index (χ0) is 22.6. The van der Waals surface area contributed by atoms with Crippen molar-refractivity contribution in [2.24, 2.45) is 0 Å². The number of halogens is 3. The van der Waals surface area contributed by atoms with Crippen molar-refractivity contribution in [1.82, 2.24) is 14.5 Å². The van der Waals surface area contributed by atoms with Gasteiger partial charge in [0.25, 0.3) is 11.5 Å². The number of fused-ring (bicyclic) bond motifs is 1. The molecule has 1 N–H and O–H groups in total. The van der Waals surface area contributed by atoms with Crippen molar-refractivity contribution in [3.05, 3.63) is 63.6 Å². The van der Waals surface area contributed by atoms with Gasteiger partial charge < -0.3 is 9.88 Å². The zero-order valence-electron chi connectivity index (χ0n) is 17.3. The fourth-order valence-electron chi connectivity index (χ4n) is 3.63. The Labute approximate surface area is 177 Å². The van der Waals surface area contributed by atoms with Crippen molar-refractivity contribution < 1.29 is 13.2 Å². The van der Waals surface area contributed by atoms with Crippen molar-refractivity contribution in [3.8, 4) is 12.3 Å². The standard InChI is InChI=1S/C23H21F3N4O/c1-5-17(14-7-6-8-16(20(14)24)23(4,25)26)29-21-15-12-30(22(3)9-10-22)19(31)11-18(15)27-13(2)28-21/h1,6-8,11-12,17H,9-10H2,2-4H3,(H,27,28,29)/t17-/m1/s1. The highest BCUT2D eigenvalue weighted by molar-refractivity contribution is 5.88. The quantitative estimate of drug-likeness (QED) is 0.604. The number of hydrogen-bond donors (Lipinski definition) is 1. The molecule has 1 aliphatic carbocycles. The molecule has 3 aromatic rings. The van der Waals surface area contributed by atoms with Crippen LogP contribution in [-0.4, -0.2) is 14.5 Å². The fourth-order valence-corrected chi connectivity index (χ4v) is 3.63. The molecule has 0 spiro atoms. The van der Waals surface area contributed by atoms with E-state index in [4.69, 9.17) is 6.42 Å². The van der Waals surface area contributed by atoms with Crippen LogP contribution in [0.3, 0.4) is 0 Å². The molecule has 0 amide bonds. The molecule has 0 unspecified atom stereocenters. The summed E-state index contributed by atoms with van der Waals surface area (Å²) in [6, 6.07) is 4.11. The average molecular weight is 426 g/mol. The van der Waals surface area contributed by atoms with Crippen LogP contribution in [-0.2, 0) is 11.5 Å². The summed E-state index contributed by atoms with van der Waals surface area (Å²) >= 11 is 0. The van der Waals surface area contributed by atoms with Gasteiger partial charge in [-0.2, -0.15) is 0 Å². The number of hydrogen-bond acceptors (Lipinski definition) is 4. The van der Waals surface area contributed by atoms with Gasteiger partial charge in [0.1, 0.15) is 23.5 Å². The van der Waals surface area contributed by atoms with E-state index in [1.807, 2.05) is 6.92 Å². The molecule has 2 aromatic heterocycles. The van der Waals surface area contributed by atoms with Gasteiger partial charge in [-0.25, -0.2) is 23.1 Å². The maximum atomic E-state index is 14.9. The Bertz CT molecular complexity index is 1280. The van der Waals surface area contributed by atoms with Gasteiger partial charge in [-0.15, -0.1) is 6.42 Å². The second-order valence-electron chi connectivity index (χ2n) is 8.24. The molecule has 0 saturated heterocycles. The smallest absolute Gasteiger partial charge is 0.273 e. The number of aromatic nitrogens is 3. The van der Waals surface area contributed by atoms with Gasteiger partial charge in [-0.05, 0) is 26.7 Å². The highest BCUT2D eigenvalue weighted by Crippen LogP contribution is 2.42. The summed E-state index contributed by atoms with van der Waals surface area (Å²) in [5.41, 5.74) is -0.828. The van der Waals surface area contributed by atoms with Gasteiger partial charge in [0.2, 0.25) is 0 Å². The Balaban J connectivity index is 1.82. The van der Waals surface area contributed by atoms with Crippen LogP contribution in [0.25, 0.3) is 10.9 Å². The van der Waals surface area contributed by atoms with Crippen LogP contribution in [0.15, 0.2) is 35.3 Å². The molecule has 2 heterocycles. The molecule has 1 atom stereocenters. The van der Waals surface area contributed by atoms with Gasteiger partial charge in [0.15, 0.2) is 0 Å². The molecule has 31 heavy (non-hydrogen) atoms. The van der Waals surface area contributed by atoms with Gasteiger partial charge in [-0.1, -0.05) is 24.1 Å². The lowest BCUT2D eigenvalue weighted by atomic mass is 10.00. The first kappa shape index (κ1) is 20.9. The number of aryl methyl sites for hydroxylation is 1. The van der Waals surface area contributed by atoms with Crippen molar-refractivity contribution in [2.45, 2.75) is 51.1 Å². The number of nitrogens with one attached hydrogen (secondary N) is 1. The summed E-state index contributed by atoms with van der Waals surface area (Å²) in [4.78, 5) is 21.3. The molecule has 1 aliphatic rings. The summed E-state index contributed by atoms with van der Waals surface area (Å²) in [5, 5.41) is 3.52. The average Bonchev–Trinajstić information content (AvgIpc) is 3.43. The monoisotopic (exact) mass is 426 g/mol. The third-order valence-corrected chi connectivity index (χ3v) is 5.66. The first-order valence-corrected chi connectivity index (χ1v) is 9.84. The van der Waals surface area contributed by atoms with E-state index >= 15 is 0 Å². The van der Waals surface area contributed by atoms with E-state index in [2.05, 4.69) is 21.2 Å². The molecule has 0 radical (unpaired) electrons. The van der Waals surface area contributed by atoms with Crippen molar-refractivity contribution in [3.63, 3.8) is 0 Å². The van der Waals surface area contributed by atoms with E-state index in [1.54, 1.807) is 17.7 Å². The van der Waals surface area contributed by atoms with E-state index in [1.165, 1.54) is 18.2 Å². The van der Waals surface area contributed by atoms with Gasteiger partial charge in [-0.3, -0.25) is 4.79 Å². The summed E-state index contributed by atoms with van der Waals surface area (Å²) in [7, 11) is 0. The third-order valence-electron chi connectivity index (χ3n) is 5.66. The summed E-state index contributed by atoms with van der Waals surface area (Å²) < 4.78 is 44.1. The van der Waals surface area contributed by atoms with E-state index in [-0.39, 0.29) is 16.7 Å². The number of nitrogens with zero attached hydrogens (tertiary/aromatic N) is 3. The molecule has 5 nitrogen and oxygen atoms in total. The number of benzene rings is 1. The minimum absolute atomic E-state index is 0.0894. The zero-order valence-corrected chi connectivity index (χ0v) is 17.3. The number of pyridine rings is 1. The van der Waals surface area contributed by atoms with Gasteiger partial charge in [0.05, 0.1) is 16.5 Å². The maximum Gasteiger partial charge on any atom is 0.273 e. The molecule has 0 aliphatic heterocycles. The molecule has 8 heteroatoms. The van der Waals surface area contributed by atoms with Crippen LogP contribution in [0.1, 0.15) is 49.7 Å². The highest BCUT2D eigenvalue weighted by Gasteiger charge is 2.40. The van der Waals surface area contributed by atoms with E-state index in [9.17, 15) is 18.0 Å². The fraction of sp³-hybridized carbons (Fsp3) is 0.348. The van der Waals surface area contributed by atoms with E-state index in [0.717, 1.165) is 18.9 Å². The van der Waals surface area contributed by atoms with Crippen LogP contribution in [0.2, 0.25) is 0 Å². The minimum Gasteiger partial charge on any atom is -0.352 e. The van der Waals surface area contributed by atoms with E-state index < -0.39 is 23.3 Å². The Morgan fingerprint density at radius 1 is 1.32 bits per heavy atom. The Kier molecular flexibility index (Phi) is 4.80. The topological polar surface area (TPSA) is 59.8 Å². The largest absolute Gasteiger partial charge is 0.352 e. The van der Waals surface area contributed by atoms with Crippen LogP contribution >= 0.6 is 0 Å². The number of anilines is 1. The summed E-state index contributed by atoms with van der Waals surface area (Å²) in [6.07, 6.45) is 9.06. The summed E-state index contributed by atoms with van der Waals surface area (Å²) in [6.45, 7) is 4.27. The first-order chi connectivity index (χ1) is 14.5. The minimum atomic E-state index is -3.35. The molecular formula is C23H21F3N4O. The van der Waals surface area contributed by atoms with Crippen molar-refractivity contribution >= 4 is 16.7 Å².